The highest BCUT2D eigenvalue weighted by atomic mass is 16.5. The molecule has 0 fully saturated rings. The molecular weight excluding hydrogens is 410 g/mol. The molecule has 0 saturated heterocycles. The number of ether oxygens (including phenoxy) is 3. The van der Waals surface area contributed by atoms with Crippen molar-refractivity contribution in [3.05, 3.63) is 70.0 Å². The Labute approximate surface area is 186 Å². The number of hydrogen-bond donors (Lipinski definition) is 1. The lowest BCUT2D eigenvalue weighted by Gasteiger charge is -2.12. The fourth-order valence-corrected chi connectivity index (χ4v) is 3.28. The van der Waals surface area contributed by atoms with E-state index in [4.69, 9.17) is 14.2 Å². The number of aromatic nitrogens is 2. The number of aryl methyl sites for hydroxylation is 2. The van der Waals surface area contributed by atoms with Gasteiger partial charge in [0.1, 0.15) is 17.2 Å². The molecule has 1 amide bonds. The zero-order chi connectivity index (χ0) is 23.1. The molecule has 0 bridgehead atoms. The van der Waals surface area contributed by atoms with E-state index < -0.39 is 0 Å². The molecule has 2 aromatic carbocycles. The van der Waals surface area contributed by atoms with Crippen LogP contribution in [0.4, 0.5) is 0 Å². The summed E-state index contributed by atoms with van der Waals surface area (Å²) in [7, 11) is 3.14. The molecule has 3 aromatic rings. The summed E-state index contributed by atoms with van der Waals surface area (Å²) in [6, 6.07) is 14.2. The van der Waals surface area contributed by atoms with E-state index in [0.717, 1.165) is 11.1 Å². The quantitative estimate of drug-likeness (QED) is 0.554. The summed E-state index contributed by atoms with van der Waals surface area (Å²) >= 11 is 0. The van der Waals surface area contributed by atoms with E-state index in [1.54, 1.807) is 38.5 Å². The number of carbonyl (C=O) groups excluding carboxylic acids is 1. The highest BCUT2D eigenvalue weighted by Crippen LogP contribution is 2.31. The number of methoxy groups -OCH3 is 2. The first-order valence-corrected chi connectivity index (χ1v) is 10.2. The van der Waals surface area contributed by atoms with Crippen LogP contribution in [0.5, 0.6) is 17.2 Å². The summed E-state index contributed by atoms with van der Waals surface area (Å²) in [5, 5.41) is 7.17. The van der Waals surface area contributed by atoms with Crippen molar-refractivity contribution >= 4 is 5.91 Å². The van der Waals surface area contributed by atoms with Gasteiger partial charge >= 0.3 is 0 Å². The minimum Gasteiger partial charge on any atom is -0.497 e. The Morgan fingerprint density at radius 1 is 0.969 bits per heavy atom. The van der Waals surface area contributed by atoms with Crippen LogP contribution in [0.2, 0.25) is 0 Å². The molecular formula is C24H27N3O5. The Hall–Kier alpha value is -3.81. The Bertz CT molecular complexity index is 1140. The fourth-order valence-electron chi connectivity index (χ4n) is 3.28. The number of amides is 1. The van der Waals surface area contributed by atoms with Crippen LogP contribution in [-0.4, -0.2) is 43.1 Å². The lowest BCUT2D eigenvalue weighted by Crippen LogP contribution is -2.34. The number of nitrogens with zero attached hydrogens (tertiary/aromatic N) is 2. The first-order valence-electron chi connectivity index (χ1n) is 10.2. The van der Waals surface area contributed by atoms with Gasteiger partial charge in [0.15, 0.2) is 6.61 Å². The average Bonchev–Trinajstić information content (AvgIpc) is 2.78. The largest absolute Gasteiger partial charge is 0.497 e. The zero-order valence-corrected chi connectivity index (χ0v) is 18.7. The number of hydrogen-bond acceptors (Lipinski definition) is 6. The average molecular weight is 437 g/mol. The van der Waals surface area contributed by atoms with Gasteiger partial charge in [-0.15, -0.1) is 0 Å². The normalized spacial score (nSPS) is 10.5. The Morgan fingerprint density at radius 2 is 1.72 bits per heavy atom. The lowest BCUT2D eigenvalue weighted by molar-refractivity contribution is -0.123. The van der Waals surface area contributed by atoms with Crippen molar-refractivity contribution in [1.82, 2.24) is 15.1 Å². The number of nitrogens with one attached hydrogen (secondary N) is 1. The highest BCUT2D eigenvalue weighted by molar-refractivity contribution is 5.77. The van der Waals surface area contributed by atoms with Gasteiger partial charge < -0.3 is 19.5 Å². The van der Waals surface area contributed by atoms with Gasteiger partial charge in [-0.2, -0.15) is 5.10 Å². The van der Waals surface area contributed by atoms with Crippen molar-refractivity contribution in [1.29, 1.82) is 0 Å². The minimum atomic E-state index is -0.275. The molecule has 168 valence electrons. The first kappa shape index (κ1) is 22.9. The van der Waals surface area contributed by atoms with E-state index in [0.29, 0.717) is 28.5 Å². The molecule has 0 saturated carbocycles. The third kappa shape index (κ3) is 5.87. The molecule has 0 atom stereocenters. The maximum Gasteiger partial charge on any atom is 0.266 e. The maximum atomic E-state index is 12.2. The molecule has 0 aliphatic rings. The third-order valence-electron chi connectivity index (χ3n) is 4.76. The summed E-state index contributed by atoms with van der Waals surface area (Å²) < 4.78 is 17.5. The second kappa shape index (κ2) is 10.5. The summed E-state index contributed by atoms with van der Waals surface area (Å²) in [5.74, 6) is 1.63. The third-order valence-corrected chi connectivity index (χ3v) is 4.76. The summed E-state index contributed by atoms with van der Waals surface area (Å²) in [4.78, 5) is 24.4. The van der Waals surface area contributed by atoms with Crippen molar-refractivity contribution in [2.24, 2.45) is 0 Å². The molecule has 1 aromatic heterocycles. The Kier molecular flexibility index (Phi) is 7.49. The topological polar surface area (TPSA) is 91.7 Å². The van der Waals surface area contributed by atoms with Crippen LogP contribution < -0.4 is 25.1 Å². The van der Waals surface area contributed by atoms with E-state index in [1.807, 2.05) is 32.0 Å². The van der Waals surface area contributed by atoms with Gasteiger partial charge in [0.25, 0.3) is 11.5 Å². The minimum absolute atomic E-state index is 0.105. The highest BCUT2D eigenvalue weighted by Gasteiger charge is 2.11. The second-order valence-corrected chi connectivity index (χ2v) is 7.31. The van der Waals surface area contributed by atoms with Crippen molar-refractivity contribution in [3.8, 4) is 28.5 Å². The number of carbonyl (C=O) groups is 1. The molecule has 1 heterocycles. The van der Waals surface area contributed by atoms with Crippen LogP contribution in [0, 0.1) is 13.8 Å². The molecule has 0 aliphatic heterocycles. The van der Waals surface area contributed by atoms with E-state index in [-0.39, 0.29) is 31.2 Å². The summed E-state index contributed by atoms with van der Waals surface area (Å²) in [6.45, 7) is 4.29. The standard InChI is InChI=1S/C24H27N3O5/c1-16-11-17(2)13-19(12-16)32-15-23(28)25-9-10-27-24(29)8-6-21(26-27)20-14-18(30-3)5-7-22(20)31-4/h5-8,11-14H,9-10,15H2,1-4H3,(H,25,28). The van der Waals surface area contributed by atoms with Crippen LogP contribution in [0.3, 0.4) is 0 Å². The monoisotopic (exact) mass is 437 g/mol. The number of rotatable bonds is 9. The van der Waals surface area contributed by atoms with Crippen LogP contribution in [0.15, 0.2) is 53.3 Å². The van der Waals surface area contributed by atoms with Crippen LogP contribution in [0.1, 0.15) is 11.1 Å². The lowest BCUT2D eigenvalue weighted by atomic mass is 10.1. The molecule has 32 heavy (non-hydrogen) atoms. The van der Waals surface area contributed by atoms with Gasteiger partial charge in [-0.25, -0.2) is 4.68 Å². The smallest absolute Gasteiger partial charge is 0.266 e. The Balaban J connectivity index is 1.62. The second-order valence-electron chi connectivity index (χ2n) is 7.31. The Morgan fingerprint density at radius 3 is 2.41 bits per heavy atom. The van der Waals surface area contributed by atoms with Gasteiger partial charge in [0.2, 0.25) is 0 Å². The van der Waals surface area contributed by atoms with Crippen LogP contribution in [-0.2, 0) is 11.3 Å². The van der Waals surface area contributed by atoms with Gasteiger partial charge in [-0.05, 0) is 61.4 Å². The maximum absolute atomic E-state index is 12.2. The molecule has 0 spiro atoms. The molecule has 3 rings (SSSR count). The van der Waals surface area contributed by atoms with Gasteiger partial charge in [-0.1, -0.05) is 6.07 Å². The molecule has 1 N–H and O–H groups in total. The molecule has 8 heteroatoms. The van der Waals surface area contributed by atoms with Crippen molar-refractivity contribution in [2.45, 2.75) is 20.4 Å². The summed E-state index contributed by atoms with van der Waals surface area (Å²) in [5.41, 5.74) is 3.13. The van der Waals surface area contributed by atoms with E-state index >= 15 is 0 Å². The molecule has 0 unspecified atom stereocenters. The van der Waals surface area contributed by atoms with Crippen LogP contribution >= 0.6 is 0 Å². The van der Waals surface area contributed by atoms with Crippen LogP contribution in [0.25, 0.3) is 11.3 Å². The van der Waals surface area contributed by atoms with Gasteiger partial charge in [0, 0.05) is 18.2 Å². The van der Waals surface area contributed by atoms with Gasteiger partial charge in [-0.3, -0.25) is 9.59 Å². The van der Waals surface area contributed by atoms with E-state index in [1.165, 1.54) is 10.7 Å². The molecule has 0 radical (unpaired) electrons. The molecule has 0 aliphatic carbocycles. The molecule has 8 nitrogen and oxygen atoms in total. The zero-order valence-electron chi connectivity index (χ0n) is 18.7. The predicted octanol–water partition coefficient (Wildman–Crippen LogP) is 2.74. The summed E-state index contributed by atoms with van der Waals surface area (Å²) in [6.07, 6.45) is 0. The van der Waals surface area contributed by atoms with Gasteiger partial charge in [0.05, 0.1) is 26.5 Å². The van der Waals surface area contributed by atoms with Crippen molar-refractivity contribution in [2.75, 3.05) is 27.4 Å². The van der Waals surface area contributed by atoms with E-state index in [9.17, 15) is 9.59 Å². The number of benzene rings is 2. The SMILES string of the molecule is COc1ccc(OC)c(-c2ccc(=O)n(CCNC(=O)COc3cc(C)cc(C)c3)n2)c1. The van der Waals surface area contributed by atoms with E-state index in [2.05, 4.69) is 10.4 Å². The first-order chi connectivity index (χ1) is 15.4. The predicted molar refractivity (Wildman–Crippen MR) is 121 cm³/mol. The fraction of sp³-hybridized carbons (Fsp3) is 0.292. The van der Waals surface area contributed by atoms with Crippen molar-refractivity contribution in [3.63, 3.8) is 0 Å². The van der Waals surface area contributed by atoms with Crippen molar-refractivity contribution < 1.29 is 19.0 Å².